The number of benzene rings is 1. The molecule has 0 aromatic heterocycles. The summed E-state index contributed by atoms with van der Waals surface area (Å²) in [5.74, 6) is -0.743. The number of halogens is 1. The van der Waals surface area contributed by atoms with Crippen molar-refractivity contribution in [2.75, 3.05) is 24.5 Å². The molecule has 2 rings (SSSR count). The van der Waals surface area contributed by atoms with Crippen LogP contribution in [0.2, 0.25) is 0 Å². The quantitative estimate of drug-likeness (QED) is 0.872. The van der Waals surface area contributed by atoms with E-state index >= 15 is 0 Å². The molecule has 1 aliphatic heterocycles. The molecule has 104 valence electrons. The predicted molar refractivity (Wildman–Crippen MR) is 79.6 cm³/mol. The Labute approximate surface area is 121 Å². The van der Waals surface area contributed by atoms with Gasteiger partial charge in [0.1, 0.15) is 0 Å². The molecule has 1 atom stereocenters. The molecule has 0 amide bonds. The lowest BCUT2D eigenvalue weighted by Crippen LogP contribution is -2.46. The van der Waals surface area contributed by atoms with E-state index in [1.165, 1.54) is 5.69 Å². The van der Waals surface area contributed by atoms with Crippen LogP contribution in [0.15, 0.2) is 28.7 Å². The average molecular weight is 327 g/mol. The molecule has 0 bridgehead atoms. The summed E-state index contributed by atoms with van der Waals surface area (Å²) in [7, 11) is 0. The molecule has 0 aliphatic carbocycles. The zero-order chi connectivity index (χ0) is 13.7. The molecule has 1 aliphatic rings. The molecule has 0 radical (unpaired) electrons. The number of piperidine rings is 1. The van der Waals surface area contributed by atoms with Crippen LogP contribution in [0.5, 0.6) is 0 Å². The molecule has 1 saturated heterocycles. The third-order valence-corrected chi connectivity index (χ3v) is 3.91. The van der Waals surface area contributed by atoms with Crippen molar-refractivity contribution in [2.24, 2.45) is 0 Å². The topological polar surface area (TPSA) is 52.6 Å². The molecule has 1 aromatic rings. The van der Waals surface area contributed by atoms with Crippen LogP contribution in [0.25, 0.3) is 0 Å². The highest BCUT2D eigenvalue weighted by molar-refractivity contribution is 9.10. The standard InChI is InChI=1S/C14H19BrN2O2/c15-11-3-5-13(6-4-11)17-9-1-2-12(10-17)16-8-7-14(18)19/h3-6,12,16H,1-2,7-10H2,(H,18,19). The number of aliphatic carboxylic acids is 1. The van der Waals surface area contributed by atoms with Gasteiger partial charge in [-0.25, -0.2) is 0 Å². The van der Waals surface area contributed by atoms with Gasteiger partial charge in [0.05, 0.1) is 6.42 Å². The predicted octanol–water partition coefficient (Wildman–Crippen LogP) is 2.48. The Morgan fingerprint density at radius 1 is 1.42 bits per heavy atom. The van der Waals surface area contributed by atoms with Crippen molar-refractivity contribution in [3.63, 3.8) is 0 Å². The zero-order valence-corrected chi connectivity index (χ0v) is 12.4. The molecule has 1 heterocycles. The van der Waals surface area contributed by atoms with E-state index in [-0.39, 0.29) is 6.42 Å². The normalized spacial score (nSPS) is 19.4. The summed E-state index contributed by atoms with van der Waals surface area (Å²) < 4.78 is 1.09. The van der Waals surface area contributed by atoms with Gasteiger partial charge in [0.25, 0.3) is 0 Å². The smallest absolute Gasteiger partial charge is 0.304 e. The lowest BCUT2D eigenvalue weighted by atomic mass is 10.0. The molecule has 1 unspecified atom stereocenters. The van der Waals surface area contributed by atoms with Crippen LogP contribution in [0.3, 0.4) is 0 Å². The minimum atomic E-state index is -0.743. The maximum Gasteiger partial charge on any atom is 0.304 e. The van der Waals surface area contributed by atoms with Crippen LogP contribution < -0.4 is 10.2 Å². The Balaban J connectivity index is 1.86. The molecule has 4 nitrogen and oxygen atoms in total. The van der Waals surface area contributed by atoms with E-state index in [9.17, 15) is 4.79 Å². The Kier molecular flexibility index (Phi) is 5.22. The Morgan fingerprint density at radius 3 is 2.84 bits per heavy atom. The van der Waals surface area contributed by atoms with Crippen molar-refractivity contribution < 1.29 is 9.90 Å². The first kappa shape index (κ1) is 14.3. The number of carbonyl (C=O) groups is 1. The van der Waals surface area contributed by atoms with E-state index in [1.54, 1.807) is 0 Å². The van der Waals surface area contributed by atoms with E-state index in [0.717, 1.165) is 30.4 Å². The van der Waals surface area contributed by atoms with Gasteiger partial charge in [-0.2, -0.15) is 0 Å². The van der Waals surface area contributed by atoms with Gasteiger partial charge in [0.2, 0.25) is 0 Å². The summed E-state index contributed by atoms with van der Waals surface area (Å²) in [5.41, 5.74) is 1.23. The minimum Gasteiger partial charge on any atom is -0.481 e. The molecule has 0 saturated carbocycles. The lowest BCUT2D eigenvalue weighted by Gasteiger charge is -2.35. The number of anilines is 1. The zero-order valence-electron chi connectivity index (χ0n) is 10.8. The van der Waals surface area contributed by atoms with E-state index in [4.69, 9.17) is 5.11 Å². The van der Waals surface area contributed by atoms with Gasteiger partial charge in [0.15, 0.2) is 0 Å². The molecular formula is C14H19BrN2O2. The molecule has 1 fully saturated rings. The summed E-state index contributed by atoms with van der Waals surface area (Å²) in [4.78, 5) is 12.9. The second-order valence-corrected chi connectivity index (χ2v) is 5.78. The number of hydrogen-bond acceptors (Lipinski definition) is 3. The van der Waals surface area contributed by atoms with E-state index < -0.39 is 5.97 Å². The summed E-state index contributed by atoms with van der Waals surface area (Å²) in [6.07, 6.45) is 2.45. The summed E-state index contributed by atoms with van der Waals surface area (Å²) in [6.45, 7) is 2.56. The number of nitrogens with one attached hydrogen (secondary N) is 1. The molecule has 0 spiro atoms. The average Bonchev–Trinajstić information content (AvgIpc) is 2.39. The fraction of sp³-hybridized carbons (Fsp3) is 0.500. The Hall–Kier alpha value is -1.07. The third kappa shape index (κ3) is 4.51. The summed E-state index contributed by atoms with van der Waals surface area (Å²) in [6, 6.07) is 8.72. The number of carboxylic acid groups (broad SMARTS) is 1. The first-order valence-corrected chi connectivity index (χ1v) is 7.40. The fourth-order valence-electron chi connectivity index (χ4n) is 2.41. The highest BCUT2D eigenvalue weighted by Gasteiger charge is 2.19. The van der Waals surface area contributed by atoms with Crippen molar-refractivity contribution in [3.05, 3.63) is 28.7 Å². The van der Waals surface area contributed by atoms with Crippen LogP contribution in [0, 0.1) is 0 Å². The van der Waals surface area contributed by atoms with Crippen molar-refractivity contribution in [1.82, 2.24) is 5.32 Å². The van der Waals surface area contributed by atoms with Crippen LogP contribution >= 0.6 is 15.9 Å². The van der Waals surface area contributed by atoms with Gasteiger partial charge in [-0.15, -0.1) is 0 Å². The van der Waals surface area contributed by atoms with E-state index in [0.29, 0.717) is 12.6 Å². The monoisotopic (exact) mass is 326 g/mol. The van der Waals surface area contributed by atoms with Crippen molar-refractivity contribution in [2.45, 2.75) is 25.3 Å². The lowest BCUT2D eigenvalue weighted by molar-refractivity contribution is -0.136. The Morgan fingerprint density at radius 2 is 2.16 bits per heavy atom. The van der Waals surface area contributed by atoms with Crippen molar-refractivity contribution in [1.29, 1.82) is 0 Å². The maximum atomic E-state index is 10.5. The van der Waals surface area contributed by atoms with Gasteiger partial charge >= 0.3 is 5.97 Å². The second-order valence-electron chi connectivity index (χ2n) is 4.86. The highest BCUT2D eigenvalue weighted by Crippen LogP contribution is 2.22. The van der Waals surface area contributed by atoms with Crippen LogP contribution in [0.4, 0.5) is 5.69 Å². The number of carboxylic acids is 1. The molecule has 5 heteroatoms. The van der Waals surface area contributed by atoms with Crippen molar-refractivity contribution in [3.8, 4) is 0 Å². The van der Waals surface area contributed by atoms with Crippen LogP contribution in [-0.4, -0.2) is 36.8 Å². The molecule has 1 aromatic carbocycles. The second kappa shape index (κ2) is 6.91. The molecule has 2 N–H and O–H groups in total. The Bertz CT molecular complexity index is 422. The third-order valence-electron chi connectivity index (χ3n) is 3.39. The minimum absolute atomic E-state index is 0.189. The summed E-state index contributed by atoms with van der Waals surface area (Å²) in [5, 5.41) is 12.0. The summed E-state index contributed by atoms with van der Waals surface area (Å²) >= 11 is 3.44. The van der Waals surface area contributed by atoms with E-state index in [2.05, 4.69) is 50.4 Å². The number of rotatable bonds is 5. The van der Waals surface area contributed by atoms with E-state index in [1.807, 2.05) is 0 Å². The fourth-order valence-corrected chi connectivity index (χ4v) is 2.68. The molecular weight excluding hydrogens is 308 g/mol. The highest BCUT2D eigenvalue weighted by atomic mass is 79.9. The SMILES string of the molecule is O=C(O)CCNC1CCCN(c2ccc(Br)cc2)C1. The number of hydrogen-bond donors (Lipinski definition) is 2. The van der Waals surface area contributed by atoms with Crippen molar-refractivity contribution >= 4 is 27.6 Å². The van der Waals surface area contributed by atoms with Crippen LogP contribution in [-0.2, 0) is 4.79 Å². The van der Waals surface area contributed by atoms with Gasteiger partial charge in [0, 0.05) is 35.8 Å². The van der Waals surface area contributed by atoms with Gasteiger partial charge in [-0.3, -0.25) is 4.79 Å². The van der Waals surface area contributed by atoms with Gasteiger partial charge < -0.3 is 15.3 Å². The van der Waals surface area contributed by atoms with Crippen LogP contribution in [0.1, 0.15) is 19.3 Å². The largest absolute Gasteiger partial charge is 0.481 e. The number of nitrogens with zero attached hydrogens (tertiary/aromatic N) is 1. The maximum absolute atomic E-state index is 10.5. The van der Waals surface area contributed by atoms with Gasteiger partial charge in [-0.05, 0) is 37.1 Å². The molecule has 19 heavy (non-hydrogen) atoms. The van der Waals surface area contributed by atoms with Gasteiger partial charge in [-0.1, -0.05) is 15.9 Å². The first-order valence-electron chi connectivity index (χ1n) is 6.61. The first-order chi connectivity index (χ1) is 9.15.